The van der Waals surface area contributed by atoms with E-state index in [9.17, 15) is 9.18 Å². The maximum Gasteiger partial charge on any atom is 0.251 e. The quantitative estimate of drug-likeness (QED) is 0.859. The molecule has 0 aromatic heterocycles. The first kappa shape index (κ1) is 14.3. The summed E-state index contributed by atoms with van der Waals surface area (Å²) in [6, 6.07) is 12.8. The van der Waals surface area contributed by atoms with Crippen LogP contribution in [0.4, 0.5) is 4.39 Å². The molecular formula is C15H13ClFNO2. The summed E-state index contributed by atoms with van der Waals surface area (Å²) in [4.78, 5) is 11.8. The van der Waals surface area contributed by atoms with Crippen LogP contribution in [0.5, 0.6) is 5.75 Å². The average Bonchev–Trinajstić information content (AvgIpc) is 2.45. The number of hydrogen-bond donors (Lipinski definition) is 1. The second kappa shape index (κ2) is 6.91. The number of benzene rings is 2. The lowest BCUT2D eigenvalue weighted by Crippen LogP contribution is -2.28. The van der Waals surface area contributed by atoms with Crippen molar-refractivity contribution in [1.82, 2.24) is 5.32 Å². The number of carbonyl (C=O) groups is 1. The molecule has 0 saturated heterocycles. The Morgan fingerprint density at radius 3 is 2.75 bits per heavy atom. The highest BCUT2D eigenvalue weighted by Gasteiger charge is 2.05. The Kier molecular flexibility index (Phi) is 4.96. The van der Waals surface area contributed by atoms with E-state index in [2.05, 4.69) is 5.32 Å². The van der Waals surface area contributed by atoms with E-state index < -0.39 is 5.82 Å². The Balaban J connectivity index is 1.79. The minimum absolute atomic E-state index is 0.171. The van der Waals surface area contributed by atoms with Crippen molar-refractivity contribution < 1.29 is 13.9 Å². The summed E-state index contributed by atoms with van der Waals surface area (Å²) in [5.41, 5.74) is 0.475. The highest BCUT2D eigenvalue weighted by molar-refractivity contribution is 6.30. The van der Waals surface area contributed by atoms with Crippen molar-refractivity contribution in [2.24, 2.45) is 0 Å². The fraction of sp³-hybridized carbons (Fsp3) is 0.133. The van der Waals surface area contributed by atoms with Gasteiger partial charge in [-0.1, -0.05) is 29.8 Å². The number of rotatable bonds is 5. The Bertz CT molecular complexity index is 604. The lowest BCUT2D eigenvalue weighted by Gasteiger charge is -2.08. The van der Waals surface area contributed by atoms with Crippen LogP contribution in [-0.2, 0) is 0 Å². The Hall–Kier alpha value is -2.07. The maximum atomic E-state index is 13.3. The van der Waals surface area contributed by atoms with Gasteiger partial charge >= 0.3 is 0 Å². The third kappa shape index (κ3) is 3.96. The summed E-state index contributed by atoms with van der Waals surface area (Å²) in [6.07, 6.45) is 0. The zero-order valence-electron chi connectivity index (χ0n) is 10.6. The van der Waals surface area contributed by atoms with Crippen LogP contribution in [0.15, 0.2) is 48.5 Å². The molecule has 0 bridgehead atoms. The smallest absolute Gasteiger partial charge is 0.251 e. The molecule has 3 nitrogen and oxygen atoms in total. The SMILES string of the molecule is O=C(NCCOc1ccccc1F)c1cccc(Cl)c1. The molecule has 0 aliphatic carbocycles. The largest absolute Gasteiger partial charge is 0.489 e. The number of nitrogens with one attached hydrogen (secondary N) is 1. The van der Waals surface area contributed by atoms with Gasteiger partial charge in [-0.05, 0) is 30.3 Å². The fourth-order valence-corrected chi connectivity index (χ4v) is 1.81. The normalized spacial score (nSPS) is 10.1. The molecule has 0 unspecified atom stereocenters. The van der Waals surface area contributed by atoms with Gasteiger partial charge in [0.2, 0.25) is 0 Å². The fourth-order valence-electron chi connectivity index (χ4n) is 1.62. The van der Waals surface area contributed by atoms with Gasteiger partial charge in [0.25, 0.3) is 5.91 Å². The van der Waals surface area contributed by atoms with E-state index in [-0.39, 0.29) is 24.8 Å². The van der Waals surface area contributed by atoms with Crippen LogP contribution in [0.2, 0.25) is 5.02 Å². The second-order valence-electron chi connectivity index (χ2n) is 4.05. The van der Waals surface area contributed by atoms with Crippen molar-refractivity contribution in [3.63, 3.8) is 0 Å². The van der Waals surface area contributed by atoms with Gasteiger partial charge in [0.1, 0.15) is 6.61 Å². The van der Waals surface area contributed by atoms with Gasteiger partial charge in [0.05, 0.1) is 6.54 Å². The highest BCUT2D eigenvalue weighted by atomic mass is 35.5. The van der Waals surface area contributed by atoms with Gasteiger partial charge in [-0.15, -0.1) is 0 Å². The molecule has 104 valence electrons. The lowest BCUT2D eigenvalue weighted by atomic mass is 10.2. The van der Waals surface area contributed by atoms with E-state index in [1.165, 1.54) is 12.1 Å². The summed E-state index contributed by atoms with van der Waals surface area (Å²) in [5.74, 6) is -0.497. The molecule has 0 heterocycles. The van der Waals surface area contributed by atoms with Gasteiger partial charge in [-0.3, -0.25) is 4.79 Å². The average molecular weight is 294 g/mol. The van der Waals surface area contributed by atoms with Crippen molar-refractivity contribution in [2.45, 2.75) is 0 Å². The van der Waals surface area contributed by atoms with Crippen molar-refractivity contribution >= 4 is 17.5 Å². The van der Waals surface area contributed by atoms with Crippen LogP contribution >= 0.6 is 11.6 Å². The summed E-state index contributed by atoms with van der Waals surface area (Å²) in [6.45, 7) is 0.465. The van der Waals surface area contributed by atoms with Crippen molar-refractivity contribution in [3.8, 4) is 5.75 Å². The molecule has 0 aliphatic heterocycles. The predicted molar refractivity (Wildman–Crippen MR) is 75.7 cm³/mol. The minimum Gasteiger partial charge on any atom is -0.489 e. The van der Waals surface area contributed by atoms with Gasteiger partial charge in [-0.25, -0.2) is 4.39 Å². The van der Waals surface area contributed by atoms with Crippen LogP contribution in [0, 0.1) is 5.82 Å². The summed E-state index contributed by atoms with van der Waals surface area (Å²) in [5, 5.41) is 3.17. The molecule has 0 fully saturated rings. The lowest BCUT2D eigenvalue weighted by molar-refractivity contribution is 0.0946. The van der Waals surface area contributed by atoms with Crippen LogP contribution in [0.1, 0.15) is 10.4 Å². The topological polar surface area (TPSA) is 38.3 Å². The Morgan fingerprint density at radius 2 is 2.00 bits per heavy atom. The molecule has 0 spiro atoms. The molecule has 2 aromatic carbocycles. The van der Waals surface area contributed by atoms with E-state index in [1.807, 2.05) is 0 Å². The number of hydrogen-bond acceptors (Lipinski definition) is 2. The molecular weight excluding hydrogens is 281 g/mol. The van der Waals surface area contributed by atoms with Crippen LogP contribution in [0.25, 0.3) is 0 Å². The summed E-state index contributed by atoms with van der Waals surface area (Å²) in [7, 11) is 0. The second-order valence-corrected chi connectivity index (χ2v) is 4.48. The van der Waals surface area contributed by atoms with Crippen molar-refractivity contribution in [2.75, 3.05) is 13.2 Å². The molecule has 0 radical (unpaired) electrons. The Labute approximate surface area is 121 Å². The van der Waals surface area contributed by atoms with Crippen LogP contribution in [-0.4, -0.2) is 19.1 Å². The third-order valence-electron chi connectivity index (χ3n) is 2.57. The van der Waals surface area contributed by atoms with Crippen LogP contribution < -0.4 is 10.1 Å². The molecule has 2 rings (SSSR count). The molecule has 1 N–H and O–H groups in total. The minimum atomic E-state index is -0.423. The molecule has 5 heteroatoms. The third-order valence-corrected chi connectivity index (χ3v) is 2.80. The first-order chi connectivity index (χ1) is 9.66. The molecule has 0 aliphatic rings. The Morgan fingerprint density at radius 1 is 1.20 bits per heavy atom. The summed E-state index contributed by atoms with van der Waals surface area (Å²) < 4.78 is 18.5. The van der Waals surface area contributed by atoms with Crippen molar-refractivity contribution in [3.05, 3.63) is 64.9 Å². The predicted octanol–water partition coefficient (Wildman–Crippen LogP) is 3.29. The zero-order valence-corrected chi connectivity index (χ0v) is 11.4. The number of ether oxygens (including phenoxy) is 1. The van der Waals surface area contributed by atoms with Gasteiger partial charge < -0.3 is 10.1 Å². The zero-order chi connectivity index (χ0) is 14.4. The molecule has 20 heavy (non-hydrogen) atoms. The number of carbonyl (C=O) groups excluding carboxylic acids is 1. The number of para-hydroxylation sites is 1. The number of halogens is 2. The molecule has 0 atom stereocenters. The highest BCUT2D eigenvalue weighted by Crippen LogP contribution is 2.14. The van der Waals surface area contributed by atoms with Crippen LogP contribution in [0.3, 0.4) is 0 Å². The van der Waals surface area contributed by atoms with Crippen molar-refractivity contribution in [1.29, 1.82) is 0 Å². The molecule has 2 aromatic rings. The summed E-state index contributed by atoms with van der Waals surface area (Å²) >= 11 is 5.80. The monoisotopic (exact) mass is 293 g/mol. The number of amides is 1. The van der Waals surface area contributed by atoms with E-state index >= 15 is 0 Å². The van der Waals surface area contributed by atoms with Gasteiger partial charge in [0, 0.05) is 10.6 Å². The van der Waals surface area contributed by atoms with Gasteiger partial charge in [-0.2, -0.15) is 0 Å². The first-order valence-corrected chi connectivity index (χ1v) is 6.46. The van der Waals surface area contributed by atoms with E-state index in [1.54, 1.807) is 36.4 Å². The first-order valence-electron chi connectivity index (χ1n) is 6.08. The standard InChI is InChI=1S/C15H13ClFNO2/c16-12-5-3-4-11(10-12)15(19)18-8-9-20-14-7-2-1-6-13(14)17/h1-7,10H,8-9H2,(H,18,19). The maximum absolute atomic E-state index is 13.3. The van der Waals surface area contributed by atoms with Gasteiger partial charge in [0.15, 0.2) is 11.6 Å². The molecule has 1 amide bonds. The van der Waals surface area contributed by atoms with E-state index in [4.69, 9.17) is 16.3 Å². The molecule has 0 saturated carbocycles. The van der Waals surface area contributed by atoms with E-state index in [0.29, 0.717) is 10.6 Å². The van der Waals surface area contributed by atoms with E-state index in [0.717, 1.165) is 0 Å².